The summed E-state index contributed by atoms with van der Waals surface area (Å²) in [5.74, 6) is -0.179. The molecule has 0 fully saturated rings. The Kier molecular flexibility index (Phi) is 4.46. The fraction of sp³-hybridized carbons (Fsp3) is 0.400. The zero-order valence-corrected chi connectivity index (χ0v) is 12.3. The van der Waals surface area contributed by atoms with Gasteiger partial charge in [0.2, 0.25) is 3.12 Å². The first kappa shape index (κ1) is 14.8. The third kappa shape index (κ3) is 2.93. The number of benzene rings is 1. The van der Waals surface area contributed by atoms with Crippen LogP contribution in [0, 0.1) is 0 Å². The number of hydrogen-bond donors (Lipinski definition) is 2. The molecule has 0 aliphatic carbocycles. The number of aliphatic hydroxyl groups excluding tert-OH is 1. The van der Waals surface area contributed by atoms with Crippen molar-refractivity contribution in [1.82, 2.24) is 0 Å². The molecular weight excluding hydrogens is 330 g/mol. The van der Waals surface area contributed by atoms with E-state index < -0.39 is 19.1 Å². The van der Waals surface area contributed by atoms with Crippen LogP contribution in [0.3, 0.4) is 0 Å². The molecule has 1 rings (SSSR count). The number of anilines is 1. The predicted octanol–water partition coefficient (Wildman–Crippen LogP) is 2.02. The molecule has 0 aromatic heterocycles. The molecule has 1 aromatic rings. The minimum absolute atomic E-state index is 0.179. The summed E-state index contributed by atoms with van der Waals surface area (Å²) in [6, 6.07) is 6.29. The molecule has 4 nitrogen and oxygen atoms in total. The molecule has 0 bridgehead atoms. The normalized spacial score (nSPS) is 17.4. The van der Waals surface area contributed by atoms with Crippen LogP contribution in [0.15, 0.2) is 24.3 Å². The van der Waals surface area contributed by atoms with Gasteiger partial charge in [0.1, 0.15) is 6.10 Å². The molecule has 0 heterocycles. The minimum atomic E-state index is -3.67. The predicted molar refractivity (Wildman–Crippen MR) is 72.8 cm³/mol. The molecule has 0 unspecified atom stereocenters. The van der Waals surface area contributed by atoms with Crippen molar-refractivity contribution in [1.29, 1.82) is 0 Å². The first-order chi connectivity index (χ1) is 7.72. The van der Waals surface area contributed by atoms with Crippen LogP contribution in [0.2, 0.25) is 0 Å². The van der Waals surface area contributed by atoms with Gasteiger partial charge in [-0.3, -0.25) is 0 Å². The second-order valence-electron chi connectivity index (χ2n) is 3.54. The van der Waals surface area contributed by atoms with E-state index in [2.05, 4.69) is 15.9 Å². The van der Waals surface area contributed by atoms with Gasteiger partial charge in [-0.1, -0.05) is 30.7 Å². The third-order valence-corrected chi connectivity index (χ3v) is 6.98. The lowest BCUT2D eigenvalue weighted by molar-refractivity contribution is 0.185. The molecule has 0 aliphatic rings. The highest BCUT2D eigenvalue weighted by atomic mass is 79.9. The minimum Gasteiger partial charge on any atom is -0.399 e. The molecule has 0 aliphatic heterocycles. The van der Waals surface area contributed by atoms with Crippen LogP contribution in [0.4, 0.5) is 5.69 Å². The Morgan fingerprint density at radius 1 is 1.59 bits per heavy atom. The van der Waals surface area contributed by atoms with Gasteiger partial charge in [-0.2, -0.15) is 0 Å². The SMILES string of the molecule is CCS(=O)(=O)[C@](Cl)(Br)[C@H](O)c1cccc(N)c1. The highest BCUT2D eigenvalue weighted by Gasteiger charge is 2.45. The van der Waals surface area contributed by atoms with Crippen molar-refractivity contribution in [3.8, 4) is 0 Å². The van der Waals surface area contributed by atoms with Gasteiger partial charge in [0.05, 0.1) is 5.75 Å². The van der Waals surface area contributed by atoms with Crippen LogP contribution >= 0.6 is 27.5 Å². The first-order valence-corrected chi connectivity index (χ1v) is 7.68. The monoisotopic (exact) mass is 341 g/mol. The van der Waals surface area contributed by atoms with E-state index in [1.54, 1.807) is 18.2 Å². The van der Waals surface area contributed by atoms with Crippen LogP contribution in [0.5, 0.6) is 0 Å². The Labute approximate surface area is 114 Å². The average molecular weight is 343 g/mol. The van der Waals surface area contributed by atoms with Crippen LogP contribution in [-0.2, 0) is 9.84 Å². The maximum atomic E-state index is 11.8. The fourth-order valence-corrected chi connectivity index (χ4v) is 3.55. The fourth-order valence-electron chi connectivity index (χ4n) is 1.29. The molecule has 2 atom stereocenters. The van der Waals surface area contributed by atoms with E-state index >= 15 is 0 Å². The van der Waals surface area contributed by atoms with E-state index in [-0.39, 0.29) is 5.75 Å². The van der Waals surface area contributed by atoms with Crippen LogP contribution in [-0.4, -0.2) is 22.4 Å². The summed E-state index contributed by atoms with van der Waals surface area (Å²) in [6.07, 6.45) is -1.40. The van der Waals surface area contributed by atoms with Crippen molar-refractivity contribution in [3.63, 3.8) is 0 Å². The Morgan fingerprint density at radius 2 is 2.18 bits per heavy atom. The second kappa shape index (κ2) is 5.14. The van der Waals surface area contributed by atoms with Crippen molar-refractivity contribution >= 4 is 43.1 Å². The van der Waals surface area contributed by atoms with Gasteiger partial charge in [0, 0.05) is 5.69 Å². The van der Waals surface area contributed by atoms with E-state index in [0.29, 0.717) is 11.3 Å². The van der Waals surface area contributed by atoms with Gasteiger partial charge in [-0.25, -0.2) is 8.42 Å². The molecule has 3 N–H and O–H groups in total. The molecule has 1 aromatic carbocycles. The Hall–Kier alpha value is -0.300. The van der Waals surface area contributed by atoms with Gasteiger partial charge >= 0.3 is 0 Å². The number of aliphatic hydroxyl groups is 1. The number of alkyl halides is 2. The summed E-state index contributed by atoms with van der Waals surface area (Å²) < 4.78 is 21.6. The van der Waals surface area contributed by atoms with E-state index in [9.17, 15) is 13.5 Å². The highest BCUT2D eigenvalue weighted by Crippen LogP contribution is 2.43. The largest absolute Gasteiger partial charge is 0.399 e. The van der Waals surface area contributed by atoms with Gasteiger partial charge < -0.3 is 10.8 Å². The van der Waals surface area contributed by atoms with Crippen molar-refractivity contribution in [2.45, 2.75) is 16.1 Å². The maximum absolute atomic E-state index is 11.8. The molecule has 0 saturated heterocycles. The summed E-state index contributed by atoms with van der Waals surface area (Å²) in [7, 11) is -3.67. The number of hydrogen-bond acceptors (Lipinski definition) is 4. The van der Waals surface area contributed by atoms with Gasteiger partial charge in [-0.15, -0.1) is 0 Å². The number of halogens is 2. The lowest BCUT2D eigenvalue weighted by atomic mass is 10.1. The summed E-state index contributed by atoms with van der Waals surface area (Å²) in [4.78, 5) is 0. The summed E-state index contributed by atoms with van der Waals surface area (Å²) >= 11 is 8.78. The van der Waals surface area contributed by atoms with Gasteiger partial charge in [0.25, 0.3) is 0 Å². The molecule has 0 amide bonds. The van der Waals surface area contributed by atoms with E-state index in [4.69, 9.17) is 17.3 Å². The standard InChI is InChI=1S/C10H13BrClNO3S/c1-2-17(15,16)10(11,12)9(14)7-4-3-5-8(13)6-7/h3-6,9,14H,2,13H2,1H3/t9-,10+/m1/s1. The molecule has 96 valence electrons. The number of sulfone groups is 1. The summed E-state index contributed by atoms with van der Waals surface area (Å²) in [6.45, 7) is 1.46. The Morgan fingerprint density at radius 3 is 2.65 bits per heavy atom. The lowest BCUT2D eigenvalue weighted by Gasteiger charge is -2.25. The zero-order valence-electron chi connectivity index (χ0n) is 9.10. The van der Waals surface area contributed by atoms with Crippen molar-refractivity contribution in [2.75, 3.05) is 11.5 Å². The topological polar surface area (TPSA) is 80.4 Å². The smallest absolute Gasteiger partial charge is 0.229 e. The second-order valence-corrected chi connectivity index (χ2v) is 9.04. The van der Waals surface area contributed by atoms with Crippen molar-refractivity contribution in [3.05, 3.63) is 29.8 Å². The van der Waals surface area contributed by atoms with E-state index in [1.165, 1.54) is 13.0 Å². The molecule has 0 radical (unpaired) electrons. The van der Waals surface area contributed by atoms with Gasteiger partial charge in [-0.05, 0) is 33.6 Å². The molecule has 7 heteroatoms. The van der Waals surface area contributed by atoms with Gasteiger partial charge in [0.15, 0.2) is 9.84 Å². The Bertz CT molecular complexity index is 504. The third-order valence-electron chi connectivity index (χ3n) is 2.34. The highest BCUT2D eigenvalue weighted by molar-refractivity contribution is 9.12. The first-order valence-electron chi connectivity index (χ1n) is 4.86. The average Bonchev–Trinajstić information content (AvgIpc) is 2.27. The molecule has 17 heavy (non-hydrogen) atoms. The van der Waals surface area contributed by atoms with E-state index in [0.717, 1.165) is 0 Å². The maximum Gasteiger partial charge on any atom is 0.229 e. The van der Waals surface area contributed by atoms with Crippen LogP contribution in [0.25, 0.3) is 0 Å². The number of nitrogens with two attached hydrogens (primary N) is 1. The lowest BCUT2D eigenvalue weighted by Crippen LogP contribution is -2.34. The molecule has 0 spiro atoms. The van der Waals surface area contributed by atoms with Crippen molar-refractivity contribution in [2.24, 2.45) is 0 Å². The quantitative estimate of drug-likeness (QED) is 0.648. The number of rotatable bonds is 4. The van der Waals surface area contributed by atoms with Crippen LogP contribution < -0.4 is 5.73 Å². The summed E-state index contributed by atoms with van der Waals surface area (Å²) in [5, 5.41) is 10.0. The zero-order chi connectivity index (χ0) is 13.3. The Balaban J connectivity index is 3.17. The number of nitrogen functional groups attached to an aromatic ring is 1. The summed E-state index contributed by atoms with van der Waals surface area (Å²) in [5.41, 5.74) is 6.33. The van der Waals surface area contributed by atoms with E-state index in [1.807, 2.05) is 0 Å². The molecular formula is C10H13BrClNO3S. The molecule has 0 saturated carbocycles. The van der Waals surface area contributed by atoms with Crippen LogP contribution in [0.1, 0.15) is 18.6 Å². The van der Waals surface area contributed by atoms with Crippen molar-refractivity contribution < 1.29 is 13.5 Å².